The minimum absolute atomic E-state index is 0.702. The van der Waals surface area contributed by atoms with Gasteiger partial charge in [0.1, 0.15) is 0 Å². The summed E-state index contributed by atoms with van der Waals surface area (Å²) in [4.78, 5) is 2.39. The van der Waals surface area contributed by atoms with Crippen LogP contribution < -0.4 is 10.6 Å². The van der Waals surface area contributed by atoms with Crippen LogP contribution in [0.4, 0.5) is 5.69 Å². The molecule has 2 rings (SSSR count). The van der Waals surface area contributed by atoms with E-state index in [0.717, 1.165) is 19.5 Å². The lowest BCUT2D eigenvalue weighted by molar-refractivity contribution is 0.772. The highest BCUT2D eigenvalue weighted by Gasteiger charge is 2.11. The molecule has 0 saturated carbocycles. The van der Waals surface area contributed by atoms with Crippen LogP contribution in [0.2, 0.25) is 0 Å². The third kappa shape index (κ3) is 2.47. The van der Waals surface area contributed by atoms with E-state index in [1.54, 1.807) is 0 Å². The van der Waals surface area contributed by atoms with Crippen molar-refractivity contribution in [1.29, 1.82) is 0 Å². The van der Waals surface area contributed by atoms with E-state index in [1.165, 1.54) is 21.3 Å². The SMILES string of the molecule is Cc1cc(N2CC=C(CN)CC2)ccc1Br. The molecule has 0 atom stereocenters. The van der Waals surface area contributed by atoms with Gasteiger partial charge in [0.05, 0.1) is 0 Å². The maximum atomic E-state index is 5.64. The van der Waals surface area contributed by atoms with Crippen LogP contribution in [0.25, 0.3) is 0 Å². The monoisotopic (exact) mass is 280 g/mol. The Morgan fingerprint density at radius 1 is 1.44 bits per heavy atom. The number of halogens is 1. The van der Waals surface area contributed by atoms with Crippen molar-refractivity contribution in [3.63, 3.8) is 0 Å². The fourth-order valence-corrected chi connectivity index (χ4v) is 2.20. The molecule has 16 heavy (non-hydrogen) atoms. The summed E-state index contributed by atoms with van der Waals surface area (Å²) in [5, 5.41) is 0. The second-order valence-corrected chi connectivity index (χ2v) is 5.05. The molecule has 0 aliphatic carbocycles. The van der Waals surface area contributed by atoms with Crippen LogP contribution in [0, 0.1) is 6.92 Å². The Bertz CT molecular complexity index is 412. The summed E-state index contributed by atoms with van der Waals surface area (Å²) in [6.45, 7) is 4.88. The maximum Gasteiger partial charge on any atom is 0.0372 e. The van der Waals surface area contributed by atoms with E-state index < -0.39 is 0 Å². The zero-order valence-electron chi connectivity index (χ0n) is 9.54. The molecule has 1 aromatic carbocycles. The molecule has 3 heteroatoms. The molecule has 1 aliphatic heterocycles. The highest BCUT2D eigenvalue weighted by atomic mass is 79.9. The molecule has 0 unspecified atom stereocenters. The summed E-state index contributed by atoms with van der Waals surface area (Å²) in [6, 6.07) is 6.51. The van der Waals surface area contributed by atoms with Crippen molar-refractivity contribution >= 4 is 21.6 Å². The van der Waals surface area contributed by atoms with Crippen molar-refractivity contribution in [1.82, 2.24) is 0 Å². The van der Waals surface area contributed by atoms with Gasteiger partial charge in [0.15, 0.2) is 0 Å². The Morgan fingerprint density at radius 2 is 2.25 bits per heavy atom. The number of aryl methyl sites for hydroxylation is 1. The second kappa shape index (κ2) is 5.02. The predicted octanol–water partition coefficient (Wildman–Crippen LogP) is 2.85. The molecule has 2 nitrogen and oxygen atoms in total. The van der Waals surface area contributed by atoms with Gasteiger partial charge < -0.3 is 10.6 Å². The lowest BCUT2D eigenvalue weighted by Gasteiger charge is -2.28. The van der Waals surface area contributed by atoms with Crippen LogP contribution in [-0.2, 0) is 0 Å². The van der Waals surface area contributed by atoms with Crippen LogP contribution in [-0.4, -0.2) is 19.6 Å². The minimum Gasteiger partial charge on any atom is -0.367 e. The van der Waals surface area contributed by atoms with Crippen LogP contribution in [0.1, 0.15) is 12.0 Å². The van der Waals surface area contributed by atoms with Crippen LogP contribution in [0.3, 0.4) is 0 Å². The average molecular weight is 281 g/mol. The van der Waals surface area contributed by atoms with Gasteiger partial charge in [-0.2, -0.15) is 0 Å². The van der Waals surface area contributed by atoms with E-state index in [9.17, 15) is 0 Å². The third-order valence-corrected chi connectivity index (χ3v) is 3.96. The van der Waals surface area contributed by atoms with E-state index in [0.29, 0.717) is 6.54 Å². The number of hydrogen-bond acceptors (Lipinski definition) is 2. The van der Waals surface area contributed by atoms with Crippen molar-refractivity contribution in [3.05, 3.63) is 39.9 Å². The van der Waals surface area contributed by atoms with Crippen molar-refractivity contribution < 1.29 is 0 Å². The minimum atomic E-state index is 0.702. The molecule has 1 aromatic rings. The molecule has 1 heterocycles. The topological polar surface area (TPSA) is 29.3 Å². The Kier molecular flexibility index (Phi) is 3.66. The van der Waals surface area contributed by atoms with E-state index in [4.69, 9.17) is 5.73 Å². The summed E-state index contributed by atoms with van der Waals surface area (Å²) in [5.41, 5.74) is 9.60. The molecule has 0 amide bonds. The Balaban J connectivity index is 2.14. The van der Waals surface area contributed by atoms with E-state index in [2.05, 4.69) is 52.0 Å². The fourth-order valence-electron chi connectivity index (χ4n) is 1.96. The zero-order valence-corrected chi connectivity index (χ0v) is 11.1. The molecule has 0 radical (unpaired) electrons. The Labute approximate surface area is 105 Å². The normalized spacial score (nSPS) is 16.2. The smallest absolute Gasteiger partial charge is 0.0372 e. The molecule has 1 aliphatic rings. The Morgan fingerprint density at radius 3 is 2.81 bits per heavy atom. The number of nitrogens with two attached hydrogens (primary N) is 1. The molecule has 86 valence electrons. The Hall–Kier alpha value is -0.800. The maximum absolute atomic E-state index is 5.64. The third-order valence-electron chi connectivity index (χ3n) is 3.07. The quantitative estimate of drug-likeness (QED) is 0.845. The second-order valence-electron chi connectivity index (χ2n) is 4.20. The summed E-state index contributed by atoms with van der Waals surface area (Å²) in [7, 11) is 0. The van der Waals surface area contributed by atoms with E-state index in [-0.39, 0.29) is 0 Å². The summed E-state index contributed by atoms with van der Waals surface area (Å²) in [6.07, 6.45) is 3.34. The predicted molar refractivity (Wildman–Crippen MR) is 72.8 cm³/mol. The highest BCUT2D eigenvalue weighted by molar-refractivity contribution is 9.10. The largest absolute Gasteiger partial charge is 0.367 e. The van der Waals surface area contributed by atoms with Crippen molar-refractivity contribution in [2.75, 3.05) is 24.5 Å². The van der Waals surface area contributed by atoms with Gasteiger partial charge in [-0.25, -0.2) is 0 Å². The van der Waals surface area contributed by atoms with Crippen molar-refractivity contribution in [2.24, 2.45) is 5.73 Å². The van der Waals surface area contributed by atoms with Gasteiger partial charge in [0.25, 0.3) is 0 Å². The summed E-state index contributed by atoms with van der Waals surface area (Å²) < 4.78 is 1.17. The molecular formula is C13H17BrN2. The molecule has 0 spiro atoms. The van der Waals surface area contributed by atoms with Gasteiger partial charge >= 0.3 is 0 Å². The number of nitrogens with zero attached hydrogens (tertiary/aromatic N) is 1. The van der Waals surface area contributed by atoms with Gasteiger partial charge in [-0.05, 0) is 37.1 Å². The molecule has 0 bridgehead atoms. The first-order valence-electron chi connectivity index (χ1n) is 5.60. The first kappa shape index (κ1) is 11.7. The van der Waals surface area contributed by atoms with E-state index >= 15 is 0 Å². The molecule has 0 aromatic heterocycles. The molecule has 2 N–H and O–H groups in total. The first-order chi connectivity index (χ1) is 7.70. The molecule has 0 fully saturated rings. The van der Waals surface area contributed by atoms with Gasteiger partial charge in [0, 0.05) is 29.8 Å². The van der Waals surface area contributed by atoms with Crippen molar-refractivity contribution in [2.45, 2.75) is 13.3 Å². The first-order valence-corrected chi connectivity index (χ1v) is 6.39. The average Bonchev–Trinajstić information content (AvgIpc) is 2.33. The number of hydrogen-bond donors (Lipinski definition) is 1. The molecule has 0 saturated heterocycles. The lowest BCUT2D eigenvalue weighted by atomic mass is 10.1. The van der Waals surface area contributed by atoms with Crippen LogP contribution >= 0.6 is 15.9 Å². The van der Waals surface area contributed by atoms with Crippen molar-refractivity contribution in [3.8, 4) is 0 Å². The van der Waals surface area contributed by atoms with Gasteiger partial charge in [-0.3, -0.25) is 0 Å². The van der Waals surface area contributed by atoms with Gasteiger partial charge in [0.2, 0.25) is 0 Å². The van der Waals surface area contributed by atoms with E-state index in [1.807, 2.05) is 0 Å². The van der Waals surface area contributed by atoms with Crippen LogP contribution in [0.15, 0.2) is 34.3 Å². The number of anilines is 1. The van der Waals surface area contributed by atoms with Gasteiger partial charge in [-0.15, -0.1) is 0 Å². The standard InChI is InChI=1S/C13H17BrN2/c1-10-8-12(2-3-13(10)14)16-6-4-11(9-15)5-7-16/h2-4,8H,5-7,9,15H2,1H3. The number of benzene rings is 1. The number of rotatable bonds is 2. The fraction of sp³-hybridized carbons (Fsp3) is 0.385. The highest BCUT2D eigenvalue weighted by Crippen LogP contribution is 2.24. The lowest BCUT2D eigenvalue weighted by Crippen LogP contribution is -2.29. The molecular weight excluding hydrogens is 264 g/mol. The van der Waals surface area contributed by atoms with Gasteiger partial charge in [-0.1, -0.05) is 27.6 Å². The summed E-state index contributed by atoms with van der Waals surface area (Å²) >= 11 is 3.53. The summed E-state index contributed by atoms with van der Waals surface area (Å²) in [5.74, 6) is 0. The van der Waals surface area contributed by atoms with Crippen LogP contribution in [0.5, 0.6) is 0 Å². The zero-order chi connectivity index (χ0) is 11.5.